The number of carbonyl (C=O) groups is 4. The highest BCUT2D eigenvalue weighted by Crippen LogP contribution is 2.46. The van der Waals surface area contributed by atoms with Gasteiger partial charge < -0.3 is 38.6 Å². The molecule has 0 bridgehead atoms. The number of methoxy groups -OCH3 is 2. The molecule has 3 amide bonds. The summed E-state index contributed by atoms with van der Waals surface area (Å²) in [7, 11) is 6.08. The number of hydrogen-bond donors (Lipinski definition) is 3. The Morgan fingerprint density at radius 1 is 1.19 bits per heavy atom. The lowest BCUT2D eigenvalue weighted by molar-refractivity contribution is -0.162. The lowest BCUT2D eigenvalue weighted by Gasteiger charge is -2.36. The summed E-state index contributed by atoms with van der Waals surface area (Å²) in [5, 5.41) is 13.5. The zero-order valence-electron chi connectivity index (χ0n) is 33.4. The molecule has 1 aromatic carbocycles. The first kappa shape index (κ1) is 45.1. The zero-order chi connectivity index (χ0) is 40.8. The number of amides is 3. The molecular formula is C39H58ClN3O10S. The lowest BCUT2D eigenvalue weighted by atomic mass is 9.91. The molecule has 6 atom stereocenters. The normalized spacial score (nSPS) is 23.3. The minimum atomic E-state index is -1.61. The summed E-state index contributed by atoms with van der Waals surface area (Å²) >= 11 is 11.3. The second kappa shape index (κ2) is 18.6. The highest BCUT2D eigenvalue weighted by Gasteiger charge is 2.61. The maximum atomic E-state index is 14.0. The predicted octanol–water partition coefficient (Wildman–Crippen LogP) is 5.64. The fourth-order valence-corrected chi connectivity index (χ4v) is 6.77. The van der Waals surface area contributed by atoms with E-state index in [0.29, 0.717) is 24.3 Å². The van der Waals surface area contributed by atoms with Gasteiger partial charge in [-0.05, 0) is 57.2 Å². The number of likely N-dealkylation sites (N-methyl/N-ethyl adjacent to an activating group) is 1. The lowest BCUT2D eigenvalue weighted by Crippen LogP contribution is -2.60. The van der Waals surface area contributed by atoms with E-state index in [1.54, 1.807) is 45.3 Å². The van der Waals surface area contributed by atoms with Crippen molar-refractivity contribution in [2.75, 3.05) is 39.8 Å². The third-order valence-corrected chi connectivity index (χ3v) is 10.6. The number of nitrogens with one attached hydrogen (secondary N) is 1. The maximum absolute atomic E-state index is 14.0. The Kier molecular flexibility index (Phi) is 15.5. The van der Waals surface area contributed by atoms with Gasteiger partial charge in [-0.2, -0.15) is 12.6 Å². The summed E-state index contributed by atoms with van der Waals surface area (Å²) in [6, 6.07) is 2.69. The van der Waals surface area contributed by atoms with Gasteiger partial charge >= 0.3 is 12.1 Å². The van der Waals surface area contributed by atoms with Crippen molar-refractivity contribution in [1.82, 2.24) is 10.2 Å². The SMILES string of the molecule is COc1cc(C/C(C)=C/C=C/[C@@H](OC)[C@@]2(O)CCOC(=O)N2)cc(N(C)C(=O)C[C@H](OC(=O)[C@H](C)N(C)C(=O)CCC(C)(C)S)[C@]2(C)O[C@H]2C(C)C)c1Cl. The van der Waals surface area contributed by atoms with E-state index in [0.717, 1.165) is 11.1 Å². The van der Waals surface area contributed by atoms with Crippen molar-refractivity contribution >= 4 is 53.8 Å². The van der Waals surface area contributed by atoms with Crippen LogP contribution in [-0.2, 0) is 39.8 Å². The molecule has 2 aliphatic rings. The first-order valence-electron chi connectivity index (χ1n) is 18.1. The van der Waals surface area contributed by atoms with Gasteiger partial charge in [0.2, 0.25) is 11.8 Å². The second-order valence-corrected chi connectivity index (χ2v) is 16.9. The molecule has 0 radical (unpaired) electrons. The minimum absolute atomic E-state index is 0.0644. The van der Waals surface area contributed by atoms with E-state index in [4.69, 9.17) is 35.3 Å². The van der Waals surface area contributed by atoms with Crippen LogP contribution in [0.5, 0.6) is 5.75 Å². The monoisotopic (exact) mass is 795 g/mol. The number of anilines is 1. The average Bonchev–Trinajstić information content (AvgIpc) is 3.80. The quantitative estimate of drug-likeness (QED) is 0.0736. The molecule has 2 heterocycles. The van der Waals surface area contributed by atoms with Gasteiger partial charge in [0.05, 0.1) is 31.9 Å². The second-order valence-electron chi connectivity index (χ2n) is 15.3. The third-order valence-electron chi connectivity index (χ3n) is 9.96. The standard InChI is InChI=1S/C39H58ClN3O10S/c1-23(2)34-38(7,53-34)30(52-35(46)25(4)42(8)31(44)15-16-37(5,6)54)22-32(45)43(9)27-20-26(21-28(49-10)33(27)40)19-24(3)13-12-14-29(50-11)39(48)17-18-51-36(47)41-39/h12-14,20-21,23,25,29-30,34,48,54H,15-19,22H2,1-11H3,(H,41,47)/b14-12+,24-13+/t25-,29+,30-,34-,38-,39-/m0/s1. The van der Waals surface area contributed by atoms with Gasteiger partial charge in [-0.25, -0.2) is 9.59 Å². The third kappa shape index (κ3) is 11.6. The van der Waals surface area contributed by atoms with E-state index in [1.807, 2.05) is 47.6 Å². The fraction of sp³-hybridized carbons (Fsp3) is 0.641. The Morgan fingerprint density at radius 3 is 2.41 bits per heavy atom. The molecule has 1 aromatic rings. The summed E-state index contributed by atoms with van der Waals surface area (Å²) in [5.41, 5.74) is -0.397. The highest BCUT2D eigenvalue weighted by molar-refractivity contribution is 7.81. The van der Waals surface area contributed by atoms with Crippen molar-refractivity contribution in [3.63, 3.8) is 0 Å². The molecule has 54 heavy (non-hydrogen) atoms. The summed E-state index contributed by atoms with van der Waals surface area (Å²) in [4.78, 5) is 54.8. The van der Waals surface area contributed by atoms with Crippen LogP contribution in [0, 0.1) is 5.92 Å². The van der Waals surface area contributed by atoms with Gasteiger partial charge in [0.15, 0.2) is 5.72 Å². The summed E-state index contributed by atoms with van der Waals surface area (Å²) in [6.45, 7) is 13.2. The number of nitrogens with zero attached hydrogens (tertiary/aromatic N) is 2. The number of esters is 1. The Morgan fingerprint density at radius 2 is 1.85 bits per heavy atom. The summed E-state index contributed by atoms with van der Waals surface area (Å²) < 4.78 is 27.6. The van der Waals surface area contributed by atoms with Crippen LogP contribution in [0.2, 0.25) is 5.02 Å². The van der Waals surface area contributed by atoms with E-state index < -0.39 is 41.6 Å². The number of hydrogen-bond acceptors (Lipinski definition) is 11. The number of cyclic esters (lactones) is 1. The van der Waals surface area contributed by atoms with Crippen molar-refractivity contribution in [1.29, 1.82) is 0 Å². The van der Waals surface area contributed by atoms with Crippen LogP contribution in [0.1, 0.15) is 79.7 Å². The molecule has 0 aromatic heterocycles. The van der Waals surface area contributed by atoms with Gasteiger partial charge in [-0.15, -0.1) is 0 Å². The molecule has 2 aliphatic heterocycles. The van der Waals surface area contributed by atoms with Crippen molar-refractivity contribution in [2.45, 2.75) is 121 Å². The topological polar surface area (TPSA) is 156 Å². The van der Waals surface area contributed by atoms with Crippen LogP contribution in [0.15, 0.2) is 35.9 Å². The van der Waals surface area contributed by atoms with Crippen LogP contribution < -0.4 is 15.0 Å². The molecule has 0 saturated carbocycles. The Bertz CT molecular complexity index is 1600. The summed E-state index contributed by atoms with van der Waals surface area (Å²) in [6.07, 6.45) is 3.67. The predicted molar refractivity (Wildman–Crippen MR) is 210 cm³/mol. The fourth-order valence-electron chi connectivity index (χ4n) is 6.35. The molecule has 0 spiro atoms. The van der Waals surface area contributed by atoms with Crippen LogP contribution >= 0.6 is 24.2 Å². The van der Waals surface area contributed by atoms with Gasteiger partial charge in [-0.1, -0.05) is 63.1 Å². The van der Waals surface area contributed by atoms with Crippen molar-refractivity contribution in [3.05, 3.63) is 46.5 Å². The molecule has 2 N–H and O–H groups in total. The van der Waals surface area contributed by atoms with E-state index >= 15 is 0 Å². The van der Waals surface area contributed by atoms with Gasteiger partial charge in [-0.3, -0.25) is 14.9 Å². The van der Waals surface area contributed by atoms with Crippen molar-refractivity contribution < 1.29 is 48.0 Å². The molecule has 0 unspecified atom stereocenters. The Labute approximate surface area is 330 Å². The Hall–Kier alpha value is -3.30. The number of benzene rings is 1. The molecular weight excluding hydrogens is 738 g/mol. The molecule has 302 valence electrons. The summed E-state index contributed by atoms with van der Waals surface area (Å²) in [5.74, 6) is -0.760. The average molecular weight is 796 g/mol. The molecule has 0 aliphatic carbocycles. The Balaban J connectivity index is 1.80. The van der Waals surface area contributed by atoms with Crippen LogP contribution in [-0.4, -0.2) is 109 Å². The first-order chi connectivity index (χ1) is 25.1. The molecule has 3 rings (SSSR count). The van der Waals surface area contributed by atoms with Gasteiger partial charge in [0.1, 0.15) is 34.6 Å². The number of allylic oxidation sites excluding steroid dienone is 3. The van der Waals surface area contributed by atoms with Crippen molar-refractivity contribution in [2.24, 2.45) is 5.92 Å². The number of alkyl carbamates (subject to hydrolysis) is 1. The molecule has 2 saturated heterocycles. The van der Waals surface area contributed by atoms with E-state index in [-0.39, 0.29) is 59.5 Å². The molecule has 15 heteroatoms. The zero-order valence-corrected chi connectivity index (χ0v) is 35.0. The van der Waals surface area contributed by atoms with Gasteiger partial charge in [0.25, 0.3) is 0 Å². The number of thiol groups is 1. The number of halogens is 1. The highest BCUT2D eigenvalue weighted by atomic mass is 35.5. The van der Waals surface area contributed by atoms with E-state index in [1.165, 1.54) is 24.0 Å². The largest absolute Gasteiger partial charge is 0.495 e. The van der Waals surface area contributed by atoms with E-state index in [2.05, 4.69) is 17.9 Å². The first-order valence-corrected chi connectivity index (χ1v) is 18.9. The van der Waals surface area contributed by atoms with E-state index in [9.17, 15) is 24.3 Å². The minimum Gasteiger partial charge on any atom is -0.495 e. The number of carbonyl (C=O) groups excluding carboxylic acids is 4. The maximum Gasteiger partial charge on any atom is 0.409 e. The molecule has 13 nitrogen and oxygen atoms in total. The van der Waals surface area contributed by atoms with Crippen LogP contribution in [0.4, 0.5) is 10.5 Å². The number of aliphatic hydroxyl groups is 1. The smallest absolute Gasteiger partial charge is 0.409 e. The van der Waals surface area contributed by atoms with Gasteiger partial charge in [0, 0.05) is 38.8 Å². The number of ether oxygens (including phenoxy) is 5. The van der Waals surface area contributed by atoms with Crippen LogP contribution in [0.25, 0.3) is 0 Å². The number of rotatable bonds is 18. The number of epoxide rings is 1. The van der Waals surface area contributed by atoms with Crippen LogP contribution in [0.3, 0.4) is 0 Å². The van der Waals surface area contributed by atoms with Crippen molar-refractivity contribution in [3.8, 4) is 5.75 Å². The molecule has 2 fully saturated rings.